The summed E-state index contributed by atoms with van der Waals surface area (Å²) >= 11 is 0. The lowest BCUT2D eigenvalue weighted by Crippen LogP contribution is -2.36. The summed E-state index contributed by atoms with van der Waals surface area (Å²) in [7, 11) is 0. The highest BCUT2D eigenvalue weighted by Crippen LogP contribution is 2.34. The second-order valence-corrected chi connectivity index (χ2v) is 4.99. The van der Waals surface area contributed by atoms with Crippen LogP contribution in [0.25, 0.3) is 0 Å². The molecule has 2 atom stereocenters. The van der Waals surface area contributed by atoms with Gasteiger partial charge in [-0.2, -0.15) is 0 Å². The summed E-state index contributed by atoms with van der Waals surface area (Å²) < 4.78 is 11.1. The van der Waals surface area contributed by atoms with Crippen molar-refractivity contribution in [2.24, 2.45) is 5.41 Å². The highest BCUT2D eigenvalue weighted by molar-refractivity contribution is 4.82. The van der Waals surface area contributed by atoms with Gasteiger partial charge in [-0.05, 0) is 38.5 Å². The lowest BCUT2D eigenvalue weighted by atomic mass is 9.78. The quantitative estimate of drug-likeness (QED) is 0.774. The molecule has 1 N–H and O–H groups in total. The molecular weight excluding hydrogens is 192 g/mol. The summed E-state index contributed by atoms with van der Waals surface area (Å²) in [5.41, 5.74) is 0.0319. The molecule has 2 fully saturated rings. The topological polar surface area (TPSA) is 38.7 Å². The van der Waals surface area contributed by atoms with Crippen LogP contribution in [0.4, 0.5) is 0 Å². The second kappa shape index (κ2) is 5.28. The molecule has 0 aromatic carbocycles. The van der Waals surface area contributed by atoms with Crippen LogP contribution in [0.3, 0.4) is 0 Å². The van der Waals surface area contributed by atoms with Crippen LogP contribution in [0.5, 0.6) is 0 Å². The van der Waals surface area contributed by atoms with Crippen molar-refractivity contribution in [3.8, 4) is 0 Å². The predicted octanol–water partition coefficient (Wildman–Crippen LogP) is 1.73. The first-order valence-corrected chi connectivity index (χ1v) is 6.15. The third-order valence-corrected chi connectivity index (χ3v) is 3.76. The monoisotopic (exact) mass is 214 g/mol. The summed E-state index contributed by atoms with van der Waals surface area (Å²) in [4.78, 5) is 0. The zero-order valence-electron chi connectivity index (χ0n) is 9.41. The van der Waals surface area contributed by atoms with Gasteiger partial charge in [-0.1, -0.05) is 0 Å². The van der Waals surface area contributed by atoms with Crippen molar-refractivity contribution < 1.29 is 14.6 Å². The van der Waals surface area contributed by atoms with Gasteiger partial charge in [0.05, 0.1) is 19.3 Å². The number of rotatable bonds is 4. The fourth-order valence-corrected chi connectivity index (χ4v) is 2.65. The minimum absolute atomic E-state index is 0.0319. The molecule has 88 valence electrons. The molecule has 2 aliphatic heterocycles. The fraction of sp³-hybridized carbons (Fsp3) is 1.00. The molecule has 0 saturated carbocycles. The largest absolute Gasteiger partial charge is 0.396 e. The Balaban J connectivity index is 1.78. The van der Waals surface area contributed by atoms with E-state index < -0.39 is 0 Å². The molecule has 2 heterocycles. The number of hydrogen-bond acceptors (Lipinski definition) is 3. The minimum Gasteiger partial charge on any atom is -0.396 e. The molecular formula is C12H22O3. The average molecular weight is 214 g/mol. The van der Waals surface area contributed by atoms with E-state index >= 15 is 0 Å². The standard InChI is InChI=1S/C12H22O3/c13-9-12(5-2-7-14-10-12)6-4-11-3-1-8-15-11/h11,13H,1-10H2. The van der Waals surface area contributed by atoms with E-state index in [1.807, 2.05) is 0 Å². The van der Waals surface area contributed by atoms with Crippen LogP contribution in [-0.2, 0) is 9.47 Å². The lowest BCUT2D eigenvalue weighted by molar-refractivity contribution is -0.0497. The van der Waals surface area contributed by atoms with Gasteiger partial charge in [0, 0.05) is 18.6 Å². The molecule has 0 aromatic heterocycles. The molecule has 15 heavy (non-hydrogen) atoms. The molecule has 2 rings (SSSR count). The third kappa shape index (κ3) is 2.92. The van der Waals surface area contributed by atoms with Crippen molar-refractivity contribution in [1.29, 1.82) is 0 Å². The Kier molecular flexibility index (Phi) is 4.00. The summed E-state index contributed by atoms with van der Waals surface area (Å²) in [6.07, 6.45) is 7.17. The van der Waals surface area contributed by atoms with Crippen LogP contribution in [0.2, 0.25) is 0 Å². The fourth-order valence-electron chi connectivity index (χ4n) is 2.65. The Morgan fingerprint density at radius 1 is 1.27 bits per heavy atom. The molecule has 2 saturated heterocycles. The zero-order chi connectivity index (χ0) is 10.6. The Morgan fingerprint density at radius 2 is 2.20 bits per heavy atom. The van der Waals surface area contributed by atoms with Gasteiger partial charge in [0.2, 0.25) is 0 Å². The molecule has 3 nitrogen and oxygen atoms in total. The van der Waals surface area contributed by atoms with Gasteiger partial charge in [-0.3, -0.25) is 0 Å². The van der Waals surface area contributed by atoms with Crippen LogP contribution in [0, 0.1) is 5.41 Å². The first kappa shape index (κ1) is 11.4. The highest BCUT2D eigenvalue weighted by atomic mass is 16.5. The van der Waals surface area contributed by atoms with Crippen LogP contribution in [0.1, 0.15) is 38.5 Å². The van der Waals surface area contributed by atoms with E-state index in [-0.39, 0.29) is 12.0 Å². The number of hydrogen-bond donors (Lipinski definition) is 1. The molecule has 0 amide bonds. The maximum atomic E-state index is 9.49. The summed E-state index contributed by atoms with van der Waals surface area (Å²) in [6, 6.07) is 0. The summed E-state index contributed by atoms with van der Waals surface area (Å²) in [5, 5.41) is 9.49. The number of aliphatic hydroxyl groups is 1. The van der Waals surface area contributed by atoms with Gasteiger partial charge in [0.15, 0.2) is 0 Å². The number of ether oxygens (including phenoxy) is 2. The van der Waals surface area contributed by atoms with Crippen molar-refractivity contribution in [3.63, 3.8) is 0 Å². The van der Waals surface area contributed by atoms with E-state index in [9.17, 15) is 5.11 Å². The Bertz CT molecular complexity index is 181. The molecule has 0 bridgehead atoms. The van der Waals surface area contributed by atoms with E-state index in [0.717, 1.165) is 45.5 Å². The normalized spacial score (nSPS) is 37.0. The van der Waals surface area contributed by atoms with Crippen LogP contribution in [0.15, 0.2) is 0 Å². The van der Waals surface area contributed by atoms with Crippen molar-refractivity contribution in [1.82, 2.24) is 0 Å². The molecule has 0 spiro atoms. The molecule has 2 unspecified atom stereocenters. The SMILES string of the molecule is OCC1(CCC2CCCO2)CCCOC1. The first-order chi connectivity index (χ1) is 7.35. The van der Waals surface area contributed by atoms with Crippen molar-refractivity contribution in [2.45, 2.75) is 44.6 Å². The van der Waals surface area contributed by atoms with Gasteiger partial charge in [0.1, 0.15) is 0 Å². The molecule has 3 heteroatoms. The smallest absolute Gasteiger partial charge is 0.0576 e. The van der Waals surface area contributed by atoms with Gasteiger partial charge in [0.25, 0.3) is 0 Å². The zero-order valence-corrected chi connectivity index (χ0v) is 9.41. The maximum Gasteiger partial charge on any atom is 0.0576 e. The van der Waals surface area contributed by atoms with Gasteiger partial charge < -0.3 is 14.6 Å². The maximum absolute atomic E-state index is 9.49. The number of aliphatic hydroxyl groups excluding tert-OH is 1. The molecule has 2 aliphatic rings. The third-order valence-electron chi connectivity index (χ3n) is 3.76. The second-order valence-electron chi connectivity index (χ2n) is 4.99. The van der Waals surface area contributed by atoms with E-state index in [0.29, 0.717) is 6.10 Å². The molecule has 0 aromatic rings. The average Bonchev–Trinajstić information content (AvgIpc) is 2.81. The van der Waals surface area contributed by atoms with Crippen molar-refractivity contribution in [3.05, 3.63) is 0 Å². The predicted molar refractivity (Wildman–Crippen MR) is 57.8 cm³/mol. The lowest BCUT2D eigenvalue weighted by Gasteiger charge is -2.36. The molecule has 0 aliphatic carbocycles. The Labute approximate surface area is 91.8 Å². The Morgan fingerprint density at radius 3 is 2.80 bits per heavy atom. The summed E-state index contributed by atoms with van der Waals surface area (Å²) in [5.74, 6) is 0. The van der Waals surface area contributed by atoms with Gasteiger partial charge in [-0.25, -0.2) is 0 Å². The van der Waals surface area contributed by atoms with Gasteiger partial charge >= 0.3 is 0 Å². The summed E-state index contributed by atoms with van der Waals surface area (Å²) in [6.45, 7) is 2.78. The molecule has 0 radical (unpaired) electrons. The van der Waals surface area contributed by atoms with Crippen molar-refractivity contribution >= 4 is 0 Å². The van der Waals surface area contributed by atoms with E-state index in [1.54, 1.807) is 0 Å². The Hall–Kier alpha value is -0.120. The van der Waals surface area contributed by atoms with Crippen LogP contribution in [-0.4, -0.2) is 37.6 Å². The van der Waals surface area contributed by atoms with Crippen LogP contribution >= 0.6 is 0 Å². The van der Waals surface area contributed by atoms with Crippen LogP contribution < -0.4 is 0 Å². The first-order valence-electron chi connectivity index (χ1n) is 6.15. The van der Waals surface area contributed by atoms with Gasteiger partial charge in [-0.15, -0.1) is 0 Å². The van der Waals surface area contributed by atoms with E-state index in [1.165, 1.54) is 12.8 Å². The highest BCUT2D eigenvalue weighted by Gasteiger charge is 2.33. The van der Waals surface area contributed by atoms with E-state index in [2.05, 4.69) is 0 Å². The van der Waals surface area contributed by atoms with Crippen molar-refractivity contribution in [2.75, 3.05) is 26.4 Å². The van der Waals surface area contributed by atoms with E-state index in [4.69, 9.17) is 9.47 Å². The minimum atomic E-state index is 0.0319.